The van der Waals surface area contributed by atoms with Gasteiger partial charge in [0.25, 0.3) is 0 Å². The van der Waals surface area contributed by atoms with Crippen LogP contribution in [0, 0.1) is 5.92 Å². The lowest BCUT2D eigenvalue weighted by Gasteiger charge is -2.23. The highest BCUT2D eigenvalue weighted by Crippen LogP contribution is 2.24. The van der Waals surface area contributed by atoms with E-state index in [1.54, 1.807) is 17.0 Å². The fourth-order valence-corrected chi connectivity index (χ4v) is 3.19. The van der Waals surface area contributed by atoms with E-state index in [1.807, 2.05) is 12.1 Å². The maximum Gasteiger partial charge on any atom is 0.249 e. The molecule has 0 aromatic heterocycles. The molecule has 2 fully saturated rings. The number of rotatable bonds is 3. The van der Waals surface area contributed by atoms with E-state index in [2.05, 4.69) is 10.6 Å². The molecule has 2 aliphatic rings. The van der Waals surface area contributed by atoms with E-state index in [9.17, 15) is 9.59 Å². The summed E-state index contributed by atoms with van der Waals surface area (Å²) in [5.41, 5.74) is 0.827. The second-order valence-electron chi connectivity index (χ2n) is 5.84. The summed E-state index contributed by atoms with van der Waals surface area (Å²) in [4.78, 5) is 26.4. The van der Waals surface area contributed by atoms with Gasteiger partial charge >= 0.3 is 0 Å². The Kier molecular flexibility index (Phi) is 4.64. The molecule has 0 radical (unpaired) electrons. The van der Waals surface area contributed by atoms with Gasteiger partial charge in [0.1, 0.15) is 6.04 Å². The van der Waals surface area contributed by atoms with Gasteiger partial charge in [0.15, 0.2) is 0 Å². The zero-order valence-electron chi connectivity index (χ0n) is 12.3. The van der Waals surface area contributed by atoms with Crippen molar-refractivity contribution in [2.24, 2.45) is 5.92 Å². The Balaban J connectivity index is 1.61. The largest absolute Gasteiger partial charge is 0.344 e. The molecule has 0 aliphatic carbocycles. The van der Waals surface area contributed by atoms with Crippen molar-refractivity contribution in [2.45, 2.75) is 25.3 Å². The zero-order chi connectivity index (χ0) is 15.5. The number of amides is 2. The van der Waals surface area contributed by atoms with E-state index in [0.717, 1.165) is 31.6 Å². The van der Waals surface area contributed by atoms with Crippen LogP contribution >= 0.6 is 11.6 Å². The van der Waals surface area contributed by atoms with Gasteiger partial charge in [-0.3, -0.25) is 9.59 Å². The van der Waals surface area contributed by atoms with Crippen molar-refractivity contribution >= 4 is 29.1 Å². The van der Waals surface area contributed by atoms with E-state index in [0.29, 0.717) is 18.0 Å². The number of hydrogen-bond donors (Lipinski definition) is 2. The Morgan fingerprint density at radius 1 is 1.18 bits per heavy atom. The first-order chi connectivity index (χ1) is 10.6. The number of benzene rings is 1. The summed E-state index contributed by atoms with van der Waals surface area (Å²) in [7, 11) is 0. The Morgan fingerprint density at radius 3 is 2.55 bits per heavy atom. The van der Waals surface area contributed by atoms with Crippen LogP contribution in [0.5, 0.6) is 0 Å². The smallest absolute Gasteiger partial charge is 0.249 e. The Labute approximate surface area is 135 Å². The van der Waals surface area contributed by atoms with Crippen LogP contribution < -0.4 is 15.5 Å². The third-order valence-electron chi connectivity index (χ3n) is 4.37. The normalized spacial score (nSPS) is 22.9. The predicted molar refractivity (Wildman–Crippen MR) is 85.9 cm³/mol. The summed E-state index contributed by atoms with van der Waals surface area (Å²) in [6.45, 7) is 2.36. The van der Waals surface area contributed by atoms with E-state index in [1.165, 1.54) is 0 Å². The van der Waals surface area contributed by atoms with Gasteiger partial charge in [-0.1, -0.05) is 11.6 Å². The Morgan fingerprint density at radius 2 is 1.86 bits per heavy atom. The molecular formula is C16H20ClN3O2. The van der Waals surface area contributed by atoms with Gasteiger partial charge in [-0.2, -0.15) is 0 Å². The molecule has 118 valence electrons. The minimum absolute atomic E-state index is 0.0119. The van der Waals surface area contributed by atoms with Gasteiger partial charge < -0.3 is 15.5 Å². The SMILES string of the molecule is O=C(NC1CCN(c2ccc(Cl)cc2)C1=O)C1CCNCC1. The Hall–Kier alpha value is -1.59. The van der Waals surface area contributed by atoms with Crippen molar-refractivity contribution in [3.8, 4) is 0 Å². The molecule has 2 amide bonds. The monoisotopic (exact) mass is 321 g/mol. The molecule has 0 bridgehead atoms. The predicted octanol–water partition coefficient (Wildman–Crippen LogP) is 1.56. The number of halogens is 1. The average molecular weight is 322 g/mol. The molecule has 0 saturated carbocycles. The second-order valence-corrected chi connectivity index (χ2v) is 6.28. The van der Waals surface area contributed by atoms with Crippen LogP contribution in [0.4, 0.5) is 5.69 Å². The van der Waals surface area contributed by atoms with Crippen molar-refractivity contribution in [3.05, 3.63) is 29.3 Å². The quantitative estimate of drug-likeness (QED) is 0.888. The average Bonchev–Trinajstić information content (AvgIpc) is 2.90. The molecule has 1 atom stereocenters. The van der Waals surface area contributed by atoms with Crippen LogP contribution in [0.3, 0.4) is 0 Å². The lowest BCUT2D eigenvalue weighted by molar-refractivity contribution is -0.129. The summed E-state index contributed by atoms with van der Waals surface area (Å²) in [5.74, 6) is 0.000968. The molecule has 2 N–H and O–H groups in total. The maximum absolute atomic E-state index is 12.5. The van der Waals surface area contributed by atoms with E-state index in [-0.39, 0.29) is 17.7 Å². The summed E-state index contributed by atoms with van der Waals surface area (Å²) >= 11 is 5.87. The van der Waals surface area contributed by atoms with Gasteiger partial charge in [-0.25, -0.2) is 0 Å². The number of piperidine rings is 1. The third kappa shape index (κ3) is 3.25. The number of hydrogen-bond acceptors (Lipinski definition) is 3. The third-order valence-corrected chi connectivity index (χ3v) is 4.62. The standard InChI is InChI=1S/C16H20ClN3O2/c17-12-1-3-13(4-2-12)20-10-7-14(16(20)22)19-15(21)11-5-8-18-9-6-11/h1-4,11,14,18H,5-10H2,(H,19,21). The number of nitrogens with one attached hydrogen (secondary N) is 2. The summed E-state index contributed by atoms with van der Waals surface area (Å²) in [6.07, 6.45) is 2.33. The molecule has 2 saturated heterocycles. The highest BCUT2D eigenvalue weighted by Gasteiger charge is 2.35. The molecule has 3 rings (SSSR count). The number of anilines is 1. The molecule has 22 heavy (non-hydrogen) atoms. The van der Waals surface area contributed by atoms with Crippen LogP contribution in [0.1, 0.15) is 19.3 Å². The minimum atomic E-state index is -0.405. The van der Waals surface area contributed by atoms with Gasteiger partial charge in [0.2, 0.25) is 11.8 Å². The molecular weight excluding hydrogens is 302 g/mol. The number of carbonyl (C=O) groups excluding carboxylic acids is 2. The van der Waals surface area contributed by atoms with Gasteiger partial charge in [0, 0.05) is 23.2 Å². The highest BCUT2D eigenvalue weighted by molar-refractivity contribution is 6.30. The Bertz CT molecular complexity index is 555. The first kappa shape index (κ1) is 15.3. The molecule has 1 unspecified atom stereocenters. The van der Waals surface area contributed by atoms with Gasteiger partial charge in [-0.05, 0) is 56.6 Å². The first-order valence-corrected chi connectivity index (χ1v) is 8.11. The molecule has 2 heterocycles. The van der Waals surface area contributed by atoms with Crippen molar-refractivity contribution in [1.29, 1.82) is 0 Å². The van der Waals surface area contributed by atoms with Gasteiger partial charge in [-0.15, -0.1) is 0 Å². The van der Waals surface area contributed by atoms with Crippen LogP contribution in [0.15, 0.2) is 24.3 Å². The van der Waals surface area contributed by atoms with Crippen molar-refractivity contribution < 1.29 is 9.59 Å². The molecule has 5 nitrogen and oxygen atoms in total. The fraction of sp³-hybridized carbons (Fsp3) is 0.500. The fourth-order valence-electron chi connectivity index (χ4n) is 3.06. The van der Waals surface area contributed by atoms with Gasteiger partial charge in [0.05, 0.1) is 0 Å². The molecule has 1 aromatic carbocycles. The zero-order valence-corrected chi connectivity index (χ0v) is 13.1. The van der Waals surface area contributed by atoms with Crippen LogP contribution in [-0.2, 0) is 9.59 Å². The summed E-state index contributed by atoms with van der Waals surface area (Å²) < 4.78 is 0. The van der Waals surface area contributed by atoms with Crippen LogP contribution in [-0.4, -0.2) is 37.5 Å². The van der Waals surface area contributed by atoms with E-state index in [4.69, 9.17) is 11.6 Å². The lowest BCUT2D eigenvalue weighted by Crippen LogP contribution is -2.46. The highest BCUT2D eigenvalue weighted by atomic mass is 35.5. The number of carbonyl (C=O) groups is 2. The number of nitrogens with zero attached hydrogens (tertiary/aromatic N) is 1. The molecule has 6 heteroatoms. The second kappa shape index (κ2) is 6.67. The van der Waals surface area contributed by atoms with Crippen molar-refractivity contribution in [1.82, 2.24) is 10.6 Å². The topological polar surface area (TPSA) is 61.4 Å². The van der Waals surface area contributed by atoms with E-state index >= 15 is 0 Å². The maximum atomic E-state index is 12.5. The van der Waals surface area contributed by atoms with Crippen LogP contribution in [0.2, 0.25) is 5.02 Å². The van der Waals surface area contributed by atoms with Crippen molar-refractivity contribution in [2.75, 3.05) is 24.5 Å². The summed E-state index contributed by atoms with van der Waals surface area (Å²) in [5, 5.41) is 6.81. The van der Waals surface area contributed by atoms with Crippen molar-refractivity contribution in [3.63, 3.8) is 0 Å². The van der Waals surface area contributed by atoms with Crippen LogP contribution in [0.25, 0.3) is 0 Å². The molecule has 1 aromatic rings. The first-order valence-electron chi connectivity index (χ1n) is 7.73. The summed E-state index contributed by atoms with van der Waals surface area (Å²) in [6, 6.07) is 6.79. The molecule has 0 spiro atoms. The molecule has 2 aliphatic heterocycles. The lowest BCUT2D eigenvalue weighted by atomic mass is 9.97. The minimum Gasteiger partial charge on any atom is -0.344 e. The van der Waals surface area contributed by atoms with E-state index < -0.39 is 6.04 Å².